The highest BCUT2D eigenvalue weighted by Gasteiger charge is 2.11. The maximum Gasteiger partial charge on any atom is 0.281 e. The molecule has 122 valence electrons. The average Bonchev–Trinajstić information content (AvgIpc) is 2.95. The fourth-order valence-electron chi connectivity index (χ4n) is 1.75. The number of hydrogen-bond donors (Lipinski definition) is 0. The molecule has 1 heterocycles. The molecular weight excluding hydrogens is 316 g/mol. The van der Waals surface area contributed by atoms with Gasteiger partial charge in [-0.3, -0.25) is 0 Å². The molecule has 0 saturated carbocycles. The zero-order valence-electron chi connectivity index (χ0n) is 13.1. The first-order chi connectivity index (χ1) is 11.0. The molecule has 1 aromatic heterocycles. The number of nitrogens with zero attached hydrogens (tertiary/aromatic N) is 2. The van der Waals surface area contributed by atoms with Crippen LogP contribution >= 0.6 is 11.8 Å². The number of carbonyl (C=O) groups excluding carboxylic acids is 1. The molecule has 0 saturated heterocycles. The number of rotatable bonds is 7. The van der Waals surface area contributed by atoms with Crippen LogP contribution in [0.3, 0.4) is 0 Å². The second kappa shape index (κ2) is 7.82. The summed E-state index contributed by atoms with van der Waals surface area (Å²) in [6.07, 6.45) is 2.04. The average molecular weight is 333 g/mol. The summed E-state index contributed by atoms with van der Waals surface area (Å²) >= 11 is 0.859. The predicted molar refractivity (Wildman–Crippen MR) is 84.7 cm³/mol. The topological polar surface area (TPSA) is 88.3 Å². The van der Waals surface area contributed by atoms with E-state index in [1.165, 1.54) is 6.08 Å². The number of para-hydroxylation sites is 1. The van der Waals surface area contributed by atoms with Gasteiger partial charge in [-0.1, -0.05) is 25.1 Å². The van der Waals surface area contributed by atoms with Gasteiger partial charge in [0.25, 0.3) is 5.22 Å². The van der Waals surface area contributed by atoms with Gasteiger partial charge in [0.15, 0.2) is 0 Å². The summed E-state index contributed by atoms with van der Waals surface area (Å²) in [4.78, 5) is 11.4. The van der Waals surface area contributed by atoms with Gasteiger partial charge in [0.05, 0.1) is 12.1 Å². The van der Waals surface area contributed by atoms with Gasteiger partial charge in [0, 0.05) is 16.9 Å². The van der Waals surface area contributed by atoms with Crippen molar-refractivity contribution in [1.29, 1.82) is 0 Å². The van der Waals surface area contributed by atoms with Crippen LogP contribution < -0.4 is 9.84 Å². The lowest BCUT2D eigenvalue weighted by Gasteiger charge is -2.13. The molecule has 0 atom stereocenters. The third kappa shape index (κ3) is 4.85. The van der Waals surface area contributed by atoms with E-state index in [1.54, 1.807) is 18.2 Å². The number of hydrogen-bond acceptors (Lipinski definition) is 7. The van der Waals surface area contributed by atoms with Crippen molar-refractivity contribution >= 4 is 23.8 Å². The SMILES string of the molecule is CCc1nnc(S/C(=C\c2ccccc2OC(C)C)C(=O)[O-])o1. The summed E-state index contributed by atoms with van der Waals surface area (Å²) in [5.74, 6) is -0.263. The fraction of sp³-hybridized carbons (Fsp3) is 0.312. The van der Waals surface area contributed by atoms with Crippen molar-refractivity contribution in [2.45, 2.75) is 38.5 Å². The van der Waals surface area contributed by atoms with Crippen LogP contribution in [0, 0.1) is 0 Å². The summed E-state index contributed by atoms with van der Waals surface area (Å²) in [7, 11) is 0. The molecule has 0 aliphatic rings. The number of carboxylic acid groups (broad SMARTS) is 1. The first-order valence-corrected chi connectivity index (χ1v) is 8.00. The lowest BCUT2D eigenvalue weighted by molar-refractivity contribution is -0.298. The van der Waals surface area contributed by atoms with E-state index < -0.39 is 5.97 Å². The number of aryl methyl sites for hydroxylation is 1. The standard InChI is InChI=1S/C16H18N2O4S/c1-4-14-17-18-16(22-14)23-13(15(19)20)9-11-7-5-6-8-12(11)21-10(2)3/h5-10H,4H2,1-3H3,(H,19,20)/p-1/b13-9-. The molecule has 0 bridgehead atoms. The summed E-state index contributed by atoms with van der Waals surface area (Å²) in [5, 5.41) is 19.2. The van der Waals surface area contributed by atoms with E-state index in [4.69, 9.17) is 9.15 Å². The second-order valence-corrected chi connectivity index (χ2v) is 5.91. The lowest BCUT2D eigenvalue weighted by Crippen LogP contribution is -2.23. The largest absolute Gasteiger partial charge is 0.544 e. The predicted octanol–water partition coefficient (Wildman–Crippen LogP) is 2.30. The van der Waals surface area contributed by atoms with Gasteiger partial charge in [-0.2, -0.15) is 0 Å². The molecule has 0 aliphatic carbocycles. The van der Waals surface area contributed by atoms with Gasteiger partial charge < -0.3 is 19.1 Å². The van der Waals surface area contributed by atoms with E-state index in [-0.39, 0.29) is 16.2 Å². The minimum absolute atomic E-state index is 0.0216. The van der Waals surface area contributed by atoms with Crippen molar-refractivity contribution in [2.75, 3.05) is 0 Å². The minimum Gasteiger partial charge on any atom is -0.544 e. The van der Waals surface area contributed by atoms with Gasteiger partial charge in [-0.15, -0.1) is 10.2 Å². The Morgan fingerprint density at radius 1 is 1.39 bits per heavy atom. The molecule has 2 rings (SSSR count). The molecule has 0 aliphatic heterocycles. The van der Waals surface area contributed by atoms with Crippen LogP contribution in [0.4, 0.5) is 0 Å². The number of ether oxygens (including phenoxy) is 1. The van der Waals surface area contributed by atoms with Crippen molar-refractivity contribution < 1.29 is 19.1 Å². The summed E-state index contributed by atoms with van der Waals surface area (Å²) in [5.41, 5.74) is 0.642. The van der Waals surface area contributed by atoms with Crippen LogP contribution in [-0.2, 0) is 11.2 Å². The second-order valence-electron chi connectivity index (χ2n) is 4.92. The lowest BCUT2D eigenvalue weighted by atomic mass is 10.2. The van der Waals surface area contributed by atoms with E-state index in [9.17, 15) is 9.90 Å². The first-order valence-electron chi connectivity index (χ1n) is 7.18. The summed E-state index contributed by atoms with van der Waals surface area (Å²) in [6.45, 7) is 5.68. The Hall–Kier alpha value is -2.28. The van der Waals surface area contributed by atoms with Crippen LogP contribution in [0.1, 0.15) is 32.2 Å². The maximum atomic E-state index is 11.4. The van der Waals surface area contributed by atoms with Gasteiger partial charge >= 0.3 is 0 Å². The Bertz CT molecular complexity index is 710. The van der Waals surface area contributed by atoms with Gasteiger partial charge in [0.1, 0.15) is 5.75 Å². The van der Waals surface area contributed by atoms with Crippen LogP contribution in [0.25, 0.3) is 6.08 Å². The minimum atomic E-state index is -1.31. The van der Waals surface area contributed by atoms with Crippen molar-refractivity contribution in [1.82, 2.24) is 10.2 Å². The third-order valence-electron chi connectivity index (χ3n) is 2.72. The molecule has 0 amide bonds. The van der Waals surface area contributed by atoms with Crippen molar-refractivity contribution in [3.05, 3.63) is 40.6 Å². The first kappa shape index (κ1) is 17.1. The third-order valence-corrected chi connectivity index (χ3v) is 3.56. The number of thioether (sulfide) groups is 1. The molecule has 0 fully saturated rings. The summed E-state index contributed by atoms with van der Waals surface area (Å²) < 4.78 is 11.0. The molecule has 0 radical (unpaired) electrons. The molecule has 1 aromatic carbocycles. The number of aromatic nitrogens is 2. The molecule has 0 spiro atoms. The van der Waals surface area contributed by atoms with Gasteiger partial charge in [-0.25, -0.2) is 0 Å². The Labute approximate surface area is 138 Å². The van der Waals surface area contributed by atoms with Crippen LogP contribution in [-0.4, -0.2) is 22.3 Å². The van der Waals surface area contributed by atoms with E-state index in [1.807, 2.05) is 26.8 Å². The van der Waals surface area contributed by atoms with E-state index >= 15 is 0 Å². The number of carbonyl (C=O) groups is 1. The molecule has 0 N–H and O–H groups in total. The van der Waals surface area contributed by atoms with Crippen LogP contribution in [0.2, 0.25) is 0 Å². The normalized spacial score (nSPS) is 11.7. The number of carboxylic acids is 1. The Morgan fingerprint density at radius 3 is 2.74 bits per heavy atom. The molecular formula is C16H17N2O4S-. The van der Waals surface area contributed by atoms with E-state index in [0.717, 1.165) is 11.8 Å². The highest BCUT2D eigenvalue weighted by Crippen LogP contribution is 2.30. The van der Waals surface area contributed by atoms with Gasteiger partial charge in [0.2, 0.25) is 5.89 Å². The zero-order valence-corrected chi connectivity index (χ0v) is 13.9. The zero-order chi connectivity index (χ0) is 16.8. The van der Waals surface area contributed by atoms with E-state index in [0.29, 0.717) is 23.6 Å². The molecule has 6 nitrogen and oxygen atoms in total. The Kier molecular flexibility index (Phi) is 5.81. The summed E-state index contributed by atoms with van der Waals surface area (Å²) in [6, 6.07) is 7.18. The van der Waals surface area contributed by atoms with Crippen molar-refractivity contribution in [2.24, 2.45) is 0 Å². The maximum absolute atomic E-state index is 11.4. The Morgan fingerprint density at radius 2 is 2.13 bits per heavy atom. The molecule has 2 aromatic rings. The van der Waals surface area contributed by atoms with E-state index in [2.05, 4.69) is 10.2 Å². The highest BCUT2D eigenvalue weighted by molar-refractivity contribution is 8.03. The van der Waals surface area contributed by atoms with Crippen molar-refractivity contribution in [3.8, 4) is 5.75 Å². The van der Waals surface area contributed by atoms with Crippen LogP contribution in [0.15, 0.2) is 38.8 Å². The smallest absolute Gasteiger partial charge is 0.281 e. The fourth-order valence-corrected chi connectivity index (χ4v) is 2.43. The quantitative estimate of drug-likeness (QED) is 0.567. The van der Waals surface area contributed by atoms with Crippen LogP contribution in [0.5, 0.6) is 5.75 Å². The monoisotopic (exact) mass is 333 g/mol. The molecule has 0 unspecified atom stereocenters. The Balaban J connectivity index is 2.30. The number of benzene rings is 1. The van der Waals surface area contributed by atoms with Crippen molar-refractivity contribution in [3.63, 3.8) is 0 Å². The number of aliphatic carboxylic acids is 1. The van der Waals surface area contributed by atoms with Gasteiger partial charge in [-0.05, 0) is 37.8 Å². The highest BCUT2D eigenvalue weighted by atomic mass is 32.2. The molecule has 23 heavy (non-hydrogen) atoms. The molecule has 7 heteroatoms.